The Morgan fingerprint density at radius 3 is 1.50 bits per heavy atom. The van der Waals surface area contributed by atoms with Gasteiger partial charge in [0.2, 0.25) is 0 Å². The highest BCUT2D eigenvalue weighted by molar-refractivity contribution is 7.76. The van der Waals surface area contributed by atoms with Crippen LogP contribution in [0.1, 0.15) is 0 Å². The van der Waals surface area contributed by atoms with Gasteiger partial charge in [-0.15, -0.1) is 0 Å². The normalized spacial score (nSPS) is 10.8. The molecule has 0 saturated carbocycles. The van der Waals surface area contributed by atoms with Crippen LogP contribution < -0.4 is 16.6 Å². The van der Waals surface area contributed by atoms with Gasteiger partial charge >= 0.3 is 6.03 Å². The minimum absolute atomic E-state index is 0.833. The molecule has 0 fully saturated rings. The Hall–Kier alpha value is -0.660. The minimum atomic E-state index is -2.36. The molecule has 2 amide bonds. The lowest BCUT2D eigenvalue weighted by atomic mass is 11.2. The molecule has 0 radical (unpaired) electrons. The molecule has 0 spiro atoms. The summed E-state index contributed by atoms with van der Waals surface area (Å²) in [4.78, 5) is 9.00. The topological polar surface area (TPSA) is 135 Å². The third-order valence-electron chi connectivity index (χ3n) is 0. The van der Waals surface area contributed by atoms with E-state index in [9.17, 15) is 0 Å². The van der Waals surface area contributed by atoms with Crippen LogP contribution in [0.5, 0.6) is 0 Å². The van der Waals surface area contributed by atoms with Crippen LogP contribution in [0.15, 0.2) is 0 Å². The molecular formula is CH6N3O3S-. The second-order valence-corrected chi connectivity index (χ2v) is 1.18. The van der Waals surface area contributed by atoms with Gasteiger partial charge in [-0.05, 0) is 0 Å². The van der Waals surface area contributed by atoms with E-state index in [2.05, 4.69) is 16.6 Å². The number of nitrogens with two attached hydrogens (primary N) is 3. The van der Waals surface area contributed by atoms with Gasteiger partial charge < -0.3 is 16.0 Å². The van der Waals surface area contributed by atoms with Crippen molar-refractivity contribution in [1.29, 1.82) is 0 Å². The number of amides is 2. The zero-order valence-electron chi connectivity index (χ0n) is 3.87. The van der Waals surface area contributed by atoms with Crippen LogP contribution in [-0.4, -0.2) is 14.8 Å². The van der Waals surface area contributed by atoms with E-state index in [1.807, 2.05) is 0 Å². The molecule has 6 nitrogen and oxygen atoms in total. The maximum atomic E-state index is 9.00. The molecule has 0 aliphatic heterocycles. The Morgan fingerprint density at radius 1 is 1.50 bits per heavy atom. The van der Waals surface area contributed by atoms with Crippen LogP contribution in [0.25, 0.3) is 0 Å². The van der Waals surface area contributed by atoms with Crippen molar-refractivity contribution in [2.75, 3.05) is 0 Å². The highest BCUT2D eigenvalue weighted by Crippen LogP contribution is 1.33. The third-order valence-corrected chi connectivity index (χ3v) is 0. The Morgan fingerprint density at radius 2 is 1.50 bits per heavy atom. The zero-order valence-corrected chi connectivity index (χ0v) is 4.68. The highest BCUT2D eigenvalue weighted by Gasteiger charge is 1.60. The van der Waals surface area contributed by atoms with Crippen LogP contribution in [0, 0.1) is 0 Å². The lowest BCUT2D eigenvalue weighted by Gasteiger charge is -1.85. The molecule has 0 aliphatic carbocycles. The van der Waals surface area contributed by atoms with Crippen LogP contribution in [0.3, 0.4) is 0 Å². The first kappa shape index (κ1) is 10.3. The first-order valence-electron chi connectivity index (χ1n) is 1.35. The number of primary amides is 2. The molecule has 8 heavy (non-hydrogen) atoms. The Kier molecular flexibility index (Phi) is 8.20. The largest absolute Gasteiger partial charge is 0.760 e. The second kappa shape index (κ2) is 6.34. The molecule has 0 heterocycles. The van der Waals surface area contributed by atoms with Gasteiger partial charge in [-0.25, -0.2) is 4.79 Å². The van der Waals surface area contributed by atoms with Crippen molar-refractivity contribution in [3.63, 3.8) is 0 Å². The quantitative estimate of drug-likeness (QED) is 0.328. The molecule has 0 aromatic rings. The fraction of sp³-hybridized carbons (Fsp3) is 0. The molecular weight excluding hydrogens is 134 g/mol. The van der Waals surface area contributed by atoms with Crippen molar-refractivity contribution in [1.82, 2.24) is 0 Å². The van der Waals surface area contributed by atoms with E-state index >= 15 is 0 Å². The molecule has 0 bridgehead atoms. The molecule has 0 aromatic heterocycles. The Bertz CT molecular complexity index is 72.5. The van der Waals surface area contributed by atoms with E-state index in [1.54, 1.807) is 0 Å². The number of rotatable bonds is 0. The smallest absolute Gasteiger partial charge is 0.309 e. The van der Waals surface area contributed by atoms with Gasteiger partial charge in [-0.2, -0.15) is 0 Å². The molecule has 1 unspecified atom stereocenters. The zero-order chi connectivity index (χ0) is 7.15. The van der Waals surface area contributed by atoms with Gasteiger partial charge in [0, 0.05) is 11.3 Å². The van der Waals surface area contributed by atoms with Crippen molar-refractivity contribution in [2.45, 2.75) is 0 Å². The van der Waals surface area contributed by atoms with Crippen LogP contribution in [0.4, 0.5) is 4.79 Å². The maximum absolute atomic E-state index is 9.00. The van der Waals surface area contributed by atoms with Gasteiger partial charge in [-0.1, -0.05) is 0 Å². The average molecular weight is 140 g/mol. The number of urea groups is 1. The molecule has 6 N–H and O–H groups in total. The third kappa shape index (κ3) is 231. The molecule has 0 aromatic carbocycles. The van der Waals surface area contributed by atoms with Gasteiger partial charge in [0.25, 0.3) is 0 Å². The fourth-order valence-corrected chi connectivity index (χ4v) is 0. The average Bonchev–Trinajstić information content (AvgIpc) is 1.25. The molecule has 0 saturated heterocycles. The first-order chi connectivity index (χ1) is 3.46. The van der Waals surface area contributed by atoms with Crippen molar-refractivity contribution >= 4 is 17.3 Å². The Labute approximate surface area is 48.4 Å². The number of carbonyl (C=O) groups is 1. The van der Waals surface area contributed by atoms with Crippen molar-refractivity contribution in [2.24, 2.45) is 16.6 Å². The summed E-state index contributed by atoms with van der Waals surface area (Å²) in [6, 6.07) is -0.833. The van der Waals surface area contributed by atoms with E-state index in [4.69, 9.17) is 13.6 Å². The van der Waals surface area contributed by atoms with Gasteiger partial charge in [0.05, 0.1) is 0 Å². The number of hydrogen-bond acceptors (Lipinski definition) is 3. The summed E-state index contributed by atoms with van der Waals surface area (Å²) in [5.41, 5.74) is 8.50. The highest BCUT2D eigenvalue weighted by atomic mass is 32.2. The van der Waals surface area contributed by atoms with Gasteiger partial charge in [0.15, 0.2) is 0 Å². The monoisotopic (exact) mass is 140 g/mol. The van der Waals surface area contributed by atoms with Crippen molar-refractivity contribution in [3.05, 3.63) is 0 Å². The predicted molar refractivity (Wildman–Crippen MR) is 26.9 cm³/mol. The maximum Gasteiger partial charge on any atom is 0.309 e. The summed E-state index contributed by atoms with van der Waals surface area (Å²) >= 11 is -2.36. The van der Waals surface area contributed by atoms with Crippen LogP contribution >= 0.6 is 0 Å². The summed E-state index contributed by atoms with van der Waals surface area (Å²) < 4.78 is 17.6. The van der Waals surface area contributed by atoms with Crippen LogP contribution in [-0.2, 0) is 11.3 Å². The van der Waals surface area contributed by atoms with Gasteiger partial charge in [-0.3, -0.25) is 9.35 Å². The van der Waals surface area contributed by atoms with Crippen molar-refractivity contribution in [3.8, 4) is 0 Å². The summed E-state index contributed by atoms with van der Waals surface area (Å²) in [6.45, 7) is 0. The lowest BCUT2D eigenvalue weighted by molar-refractivity contribution is 0.256. The van der Waals surface area contributed by atoms with E-state index in [-0.39, 0.29) is 0 Å². The van der Waals surface area contributed by atoms with E-state index in [0.717, 1.165) is 0 Å². The standard InChI is InChI=1S/CH4N2O.H3NO2S/c2-1(3)4;1-4(2)3/h(H4,2,3,4);1H2,(H,2,3)/p-1. The first-order valence-corrected chi connectivity index (χ1v) is 2.49. The van der Waals surface area contributed by atoms with E-state index in [1.165, 1.54) is 0 Å². The lowest BCUT2D eigenvalue weighted by Crippen LogP contribution is -2.18. The number of hydrogen-bond donors (Lipinski definition) is 3. The molecule has 0 aliphatic rings. The van der Waals surface area contributed by atoms with Crippen LogP contribution in [0.2, 0.25) is 0 Å². The Balaban J connectivity index is 0. The minimum Gasteiger partial charge on any atom is -0.760 e. The number of carbonyl (C=O) groups excluding carboxylic acids is 1. The van der Waals surface area contributed by atoms with E-state index in [0.29, 0.717) is 0 Å². The fourth-order valence-electron chi connectivity index (χ4n) is 0. The SMILES string of the molecule is NC(N)=O.NS(=O)[O-]. The molecule has 0 rings (SSSR count). The summed E-state index contributed by atoms with van der Waals surface area (Å²) in [6.07, 6.45) is 0. The predicted octanol–water partition coefficient (Wildman–Crippen LogP) is -2.24. The molecule has 7 heteroatoms. The summed E-state index contributed by atoms with van der Waals surface area (Å²) in [5.74, 6) is 0. The second-order valence-electron chi connectivity index (χ2n) is 0.663. The van der Waals surface area contributed by atoms with E-state index < -0.39 is 17.3 Å². The molecule has 50 valence electrons. The van der Waals surface area contributed by atoms with Crippen molar-refractivity contribution < 1.29 is 13.6 Å². The summed E-state index contributed by atoms with van der Waals surface area (Å²) in [5, 5.41) is 4.03. The van der Waals surface area contributed by atoms with Gasteiger partial charge in [0.1, 0.15) is 0 Å². The summed E-state index contributed by atoms with van der Waals surface area (Å²) in [7, 11) is 0. The molecule has 1 atom stereocenters.